The number of anilines is 1. The second kappa shape index (κ2) is 9.59. The molecule has 0 unspecified atom stereocenters. The minimum absolute atomic E-state index is 0.0173. The second-order valence-electron chi connectivity index (χ2n) is 8.35. The van der Waals surface area contributed by atoms with Crippen molar-refractivity contribution in [3.05, 3.63) is 33.9 Å². The normalized spacial score (nSPS) is 22.0. The Morgan fingerprint density at radius 2 is 1.97 bits per heavy atom. The number of ether oxygens (including phenoxy) is 4. The second-order valence-corrected chi connectivity index (χ2v) is 8.35. The van der Waals surface area contributed by atoms with Crippen LogP contribution in [0.2, 0.25) is 0 Å². The molecule has 3 rings (SSSR count). The summed E-state index contributed by atoms with van der Waals surface area (Å²) in [6.45, 7) is 8.72. The van der Waals surface area contributed by atoms with E-state index in [0.717, 1.165) is 5.69 Å². The van der Waals surface area contributed by atoms with Crippen molar-refractivity contribution in [2.75, 3.05) is 44.4 Å². The van der Waals surface area contributed by atoms with Gasteiger partial charge in [-0.05, 0) is 32.4 Å². The summed E-state index contributed by atoms with van der Waals surface area (Å²) in [6.07, 6.45) is -0.903. The number of amides is 1. The molecule has 0 aliphatic carbocycles. The summed E-state index contributed by atoms with van der Waals surface area (Å²) in [5.74, 6) is 0. The van der Waals surface area contributed by atoms with Crippen LogP contribution in [0.25, 0.3) is 0 Å². The topological polar surface area (TPSA) is 112 Å². The first-order chi connectivity index (χ1) is 14.2. The SMILES string of the molecule is CC(C)(C)OC(=O)N[C@@H]1COC[C@H]1OCc1cc(N2CCOCC2)cc([N+](=O)[O-])c1. The van der Waals surface area contributed by atoms with E-state index in [1.165, 1.54) is 6.07 Å². The predicted molar refractivity (Wildman–Crippen MR) is 109 cm³/mol. The molecular formula is C20H29N3O7. The van der Waals surface area contributed by atoms with Crippen LogP contribution in [-0.4, -0.2) is 68.3 Å². The van der Waals surface area contributed by atoms with Crippen molar-refractivity contribution in [3.63, 3.8) is 0 Å². The molecule has 1 N–H and O–H groups in total. The van der Waals surface area contributed by atoms with E-state index in [1.54, 1.807) is 26.8 Å². The first-order valence-electron chi connectivity index (χ1n) is 10.0. The molecule has 2 heterocycles. The number of alkyl carbamates (subject to hydrolysis) is 1. The van der Waals surface area contributed by atoms with Crippen molar-refractivity contribution in [1.82, 2.24) is 5.32 Å². The Labute approximate surface area is 175 Å². The molecule has 0 spiro atoms. The van der Waals surface area contributed by atoms with Crippen LogP contribution >= 0.6 is 0 Å². The largest absolute Gasteiger partial charge is 0.444 e. The third kappa shape index (κ3) is 6.28. The number of nitrogens with one attached hydrogen (secondary N) is 1. The highest BCUT2D eigenvalue weighted by Crippen LogP contribution is 2.26. The van der Waals surface area contributed by atoms with Gasteiger partial charge in [0.2, 0.25) is 0 Å². The number of carbonyl (C=O) groups excluding carboxylic acids is 1. The van der Waals surface area contributed by atoms with Gasteiger partial charge in [-0.1, -0.05) is 0 Å². The molecule has 1 aromatic rings. The number of nitrogens with zero attached hydrogens (tertiary/aromatic N) is 2. The maximum Gasteiger partial charge on any atom is 0.408 e. The molecule has 10 nitrogen and oxygen atoms in total. The summed E-state index contributed by atoms with van der Waals surface area (Å²) in [6, 6.07) is 4.62. The standard InChI is InChI=1S/C20H29N3O7/c1-20(2,3)30-19(24)21-17-12-28-13-18(17)29-11-14-8-15(10-16(9-14)23(25)26)22-4-6-27-7-5-22/h8-10,17-18H,4-7,11-13H2,1-3H3,(H,21,24)/t17-,18-/m1/s1. The summed E-state index contributed by atoms with van der Waals surface area (Å²) in [5, 5.41) is 14.1. The van der Waals surface area contributed by atoms with Crippen LogP contribution in [0.5, 0.6) is 0 Å². The minimum atomic E-state index is -0.598. The van der Waals surface area contributed by atoms with Crippen LogP contribution < -0.4 is 10.2 Å². The lowest BCUT2D eigenvalue weighted by atomic mass is 10.1. The molecule has 10 heteroatoms. The number of morpholine rings is 1. The Hall–Kier alpha value is -2.43. The number of nitro groups is 1. The first kappa shape index (κ1) is 22.3. The highest BCUT2D eigenvalue weighted by molar-refractivity contribution is 5.68. The van der Waals surface area contributed by atoms with Gasteiger partial charge in [0.05, 0.1) is 44.0 Å². The maximum absolute atomic E-state index is 12.0. The Morgan fingerprint density at radius 3 is 2.63 bits per heavy atom. The van der Waals surface area contributed by atoms with Crippen molar-refractivity contribution >= 4 is 17.5 Å². The van der Waals surface area contributed by atoms with Crippen LogP contribution in [0.4, 0.5) is 16.2 Å². The fraction of sp³-hybridized carbons (Fsp3) is 0.650. The predicted octanol–water partition coefficient (Wildman–Crippen LogP) is 2.24. The minimum Gasteiger partial charge on any atom is -0.444 e. The van der Waals surface area contributed by atoms with Gasteiger partial charge in [0.15, 0.2) is 0 Å². The zero-order chi connectivity index (χ0) is 21.7. The van der Waals surface area contributed by atoms with E-state index in [-0.39, 0.29) is 24.4 Å². The molecule has 0 aromatic heterocycles. The monoisotopic (exact) mass is 423 g/mol. The molecule has 2 atom stereocenters. The van der Waals surface area contributed by atoms with Gasteiger partial charge in [-0.2, -0.15) is 0 Å². The quantitative estimate of drug-likeness (QED) is 0.548. The van der Waals surface area contributed by atoms with Crippen LogP contribution in [0.15, 0.2) is 18.2 Å². The number of benzene rings is 1. The molecule has 166 valence electrons. The summed E-state index contributed by atoms with van der Waals surface area (Å²) in [5.41, 5.74) is 0.883. The molecule has 0 radical (unpaired) electrons. The van der Waals surface area contributed by atoms with Crippen LogP contribution in [0.1, 0.15) is 26.3 Å². The average molecular weight is 423 g/mol. The van der Waals surface area contributed by atoms with E-state index in [1.807, 2.05) is 6.07 Å². The third-order valence-electron chi connectivity index (χ3n) is 4.74. The molecule has 2 aliphatic heterocycles. The molecule has 1 amide bonds. The molecular weight excluding hydrogens is 394 g/mol. The average Bonchev–Trinajstić information content (AvgIpc) is 3.12. The summed E-state index contributed by atoms with van der Waals surface area (Å²) in [4.78, 5) is 25.1. The van der Waals surface area contributed by atoms with Crippen molar-refractivity contribution in [2.45, 2.75) is 45.1 Å². The van der Waals surface area contributed by atoms with E-state index in [0.29, 0.717) is 45.1 Å². The van der Waals surface area contributed by atoms with Gasteiger partial charge in [-0.25, -0.2) is 4.79 Å². The molecule has 0 saturated carbocycles. The third-order valence-corrected chi connectivity index (χ3v) is 4.74. The fourth-order valence-electron chi connectivity index (χ4n) is 3.34. The van der Waals surface area contributed by atoms with Crippen molar-refractivity contribution < 1.29 is 28.7 Å². The van der Waals surface area contributed by atoms with Crippen LogP contribution in [0, 0.1) is 10.1 Å². The molecule has 2 saturated heterocycles. The van der Waals surface area contributed by atoms with E-state index in [4.69, 9.17) is 18.9 Å². The zero-order valence-electron chi connectivity index (χ0n) is 17.6. The number of non-ortho nitro benzene ring substituents is 1. The highest BCUT2D eigenvalue weighted by Gasteiger charge is 2.32. The Morgan fingerprint density at radius 1 is 1.23 bits per heavy atom. The van der Waals surface area contributed by atoms with Gasteiger partial charge in [0, 0.05) is 30.9 Å². The Kier molecular flexibility index (Phi) is 7.11. The molecule has 2 aliphatic rings. The Balaban J connectivity index is 1.64. The van der Waals surface area contributed by atoms with Crippen molar-refractivity contribution in [3.8, 4) is 0 Å². The number of rotatable bonds is 6. The van der Waals surface area contributed by atoms with Crippen molar-refractivity contribution in [1.29, 1.82) is 0 Å². The van der Waals surface area contributed by atoms with Gasteiger partial charge in [0.25, 0.3) is 5.69 Å². The number of hydrogen-bond donors (Lipinski definition) is 1. The summed E-state index contributed by atoms with van der Waals surface area (Å²) >= 11 is 0. The highest BCUT2D eigenvalue weighted by atomic mass is 16.6. The summed E-state index contributed by atoms with van der Waals surface area (Å²) < 4.78 is 22.0. The van der Waals surface area contributed by atoms with Crippen LogP contribution in [0.3, 0.4) is 0 Å². The molecule has 2 fully saturated rings. The lowest BCUT2D eigenvalue weighted by Gasteiger charge is -2.29. The smallest absolute Gasteiger partial charge is 0.408 e. The van der Waals surface area contributed by atoms with Crippen molar-refractivity contribution in [2.24, 2.45) is 0 Å². The fourth-order valence-corrected chi connectivity index (χ4v) is 3.34. The molecule has 30 heavy (non-hydrogen) atoms. The molecule has 0 bridgehead atoms. The summed E-state index contributed by atoms with van der Waals surface area (Å²) in [7, 11) is 0. The van der Waals surface area contributed by atoms with Gasteiger partial charge in [0.1, 0.15) is 11.7 Å². The van der Waals surface area contributed by atoms with Crippen LogP contribution in [-0.2, 0) is 25.6 Å². The van der Waals surface area contributed by atoms with E-state index in [2.05, 4.69) is 10.2 Å². The first-order valence-corrected chi connectivity index (χ1v) is 10.0. The van der Waals surface area contributed by atoms with Gasteiger partial charge in [-0.3, -0.25) is 10.1 Å². The maximum atomic E-state index is 12.0. The number of nitro benzene ring substituents is 1. The lowest BCUT2D eigenvalue weighted by Crippen LogP contribution is -2.45. The van der Waals surface area contributed by atoms with E-state index in [9.17, 15) is 14.9 Å². The number of hydrogen-bond acceptors (Lipinski definition) is 8. The van der Waals surface area contributed by atoms with Gasteiger partial charge >= 0.3 is 6.09 Å². The molecule has 1 aromatic carbocycles. The van der Waals surface area contributed by atoms with Gasteiger partial charge < -0.3 is 29.2 Å². The van der Waals surface area contributed by atoms with Gasteiger partial charge in [-0.15, -0.1) is 0 Å². The number of carbonyl (C=O) groups is 1. The lowest BCUT2D eigenvalue weighted by molar-refractivity contribution is -0.384. The zero-order valence-corrected chi connectivity index (χ0v) is 17.6. The Bertz CT molecular complexity index is 759. The van der Waals surface area contributed by atoms with E-state index < -0.39 is 16.6 Å². The van der Waals surface area contributed by atoms with E-state index >= 15 is 0 Å².